The third kappa shape index (κ3) is 4.54. The molecule has 0 spiro atoms. The Balaban J connectivity index is 1.85. The molecular weight excluding hydrogens is 260 g/mol. The number of hydrogen-bond acceptors (Lipinski definition) is 5. The van der Waals surface area contributed by atoms with E-state index in [4.69, 9.17) is 0 Å². The highest BCUT2D eigenvalue weighted by atomic mass is 32.2. The SMILES string of the molecule is CC(C)CNCc1ccc(N2CCS(=O)CC2)nn1. The minimum atomic E-state index is -0.648. The van der Waals surface area contributed by atoms with Crippen LogP contribution in [0, 0.1) is 5.92 Å². The quantitative estimate of drug-likeness (QED) is 0.865. The lowest BCUT2D eigenvalue weighted by Crippen LogP contribution is -2.38. The van der Waals surface area contributed by atoms with Crippen LogP contribution < -0.4 is 10.2 Å². The molecule has 1 aliphatic heterocycles. The summed E-state index contributed by atoms with van der Waals surface area (Å²) in [5.41, 5.74) is 0.963. The molecule has 0 atom stereocenters. The topological polar surface area (TPSA) is 58.1 Å². The zero-order chi connectivity index (χ0) is 13.7. The van der Waals surface area contributed by atoms with Crippen molar-refractivity contribution in [1.29, 1.82) is 0 Å². The van der Waals surface area contributed by atoms with Crippen molar-refractivity contribution in [2.24, 2.45) is 5.92 Å². The zero-order valence-electron chi connectivity index (χ0n) is 11.6. The lowest BCUT2D eigenvalue weighted by Gasteiger charge is -2.26. The van der Waals surface area contributed by atoms with Crippen molar-refractivity contribution in [2.45, 2.75) is 20.4 Å². The monoisotopic (exact) mass is 282 g/mol. The predicted molar refractivity (Wildman–Crippen MR) is 78.7 cm³/mol. The van der Waals surface area contributed by atoms with E-state index >= 15 is 0 Å². The lowest BCUT2D eigenvalue weighted by molar-refractivity contribution is 0.546. The number of nitrogens with one attached hydrogen (secondary N) is 1. The van der Waals surface area contributed by atoms with Crippen molar-refractivity contribution in [3.8, 4) is 0 Å². The van der Waals surface area contributed by atoms with Crippen molar-refractivity contribution in [3.63, 3.8) is 0 Å². The third-order valence-electron chi connectivity index (χ3n) is 3.07. The van der Waals surface area contributed by atoms with E-state index in [0.717, 1.165) is 49.2 Å². The van der Waals surface area contributed by atoms with Gasteiger partial charge < -0.3 is 10.2 Å². The lowest BCUT2D eigenvalue weighted by atomic mass is 10.2. The molecule has 1 aromatic rings. The highest BCUT2D eigenvalue weighted by molar-refractivity contribution is 7.85. The van der Waals surface area contributed by atoms with Crippen LogP contribution in [0.25, 0.3) is 0 Å². The van der Waals surface area contributed by atoms with Gasteiger partial charge in [-0.25, -0.2) is 0 Å². The Bertz CT molecular complexity index is 411. The van der Waals surface area contributed by atoms with Gasteiger partial charge in [0.2, 0.25) is 0 Å². The number of nitrogens with zero attached hydrogens (tertiary/aromatic N) is 3. The fourth-order valence-corrected chi connectivity index (χ4v) is 3.02. The van der Waals surface area contributed by atoms with E-state index in [1.807, 2.05) is 12.1 Å². The molecule has 0 unspecified atom stereocenters. The van der Waals surface area contributed by atoms with Gasteiger partial charge in [0, 0.05) is 41.9 Å². The van der Waals surface area contributed by atoms with Crippen LogP contribution in [0.15, 0.2) is 12.1 Å². The molecule has 0 saturated carbocycles. The number of hydrogen-bond donors (Lipinski definition) is 1. The predicted octanol–water partition coefficient (Wildman–Crippen LogP) is 0.791. The van der Waals surface area contributed by atoms with Crippen molar-refractivity contribution in [1.82, 2.24) is 15.5 Å². The smallest absolute Gasteiger partial charge is 0.151 e. The maximum Gasteiger partial charge on any atom is 0.151 e. The van der Waals surface area contributed by atoms with Crippen LogP contribution in [0.5, 0.6) is 0 Å². The molecule has 106 valence electrons. The Labute approximate surface area is 117 Å². The highest BCUT2D eigenvalue weighted by Gasteiger charge is 2.16. The first-order valence-corrected chi connectivity index (χ1v) is 8.27. The van der Waals surface area contributed by atoms with Gasteiger partial charge in [0.05, 0.1) is 5.69 Å². The standard InChI is InChI=1S/C13H22N4OS/c1-11(2)9-14-10-12-3-4-13(16-15-12)17-5-7-19(18)8-6-17/h3-4,11,14H,5-10H2,1-2H3. The molecule has 2 rings (SSSR count). The summed E-state index contributed by atoms with van der Waals surface area (Å²) in [5, 5.41) is 11.9. The van der Waals surface area contributed by atoms with Crippen molar-refractivity contribution < 1.29 is 4.21 Å². The van der Waals surface area contributed by atoms with Gasteiger partial charge in [0.25, 0.3) is 0 Å². The van der Waals surface area contributed by atoms with E-state index in [9.17, 15) is 4.21 Å². The van der Waals surface area contributed by atoms with Crippen LogP contribution in [-0.2, 0) is 17.3 Å². The van der Waals surface area contributed by atoms with Gasteiger partial charge in [-0.1, -0.05) is 13.8 Å². The Hall–Kier alpha value is -1.01. The first kappa shape index (κ1) is 14.4. The molecule has 5 nitrogen and oxygen atoms in total. The van der Waals surface area contributed by atoms with Crippen molar-refractivity contribution in [3.05, 3.63) is 17.8 Å². The van der Waals surface area contributed by atoms with Crippen LogP contribution in [0.1, 0.15) is 19.5 Å². The van der Waals surface area contributed by atoms with Gasteiger partial charge in [0.1, 0.15) is 0 Å². The summed E-state index contributed by atoms with van der Waals surface area (Å²) in [7, 11) is -0.648. The summed E-state index contributed by atoms with van der Waals surface area (Å²) in [6.45, 7) is 7.74. The average molecular weight is 282 g/mol. The molecule has 1 aliphatic rings. The molecule has 1 N–H and O–H groups in total. The summed E-state index contributed by atoms with van der Waals surface area (Å²) in [6.07, 6.45) is 0. The van der Waals surface area contributed by atoms with Gasteiger partial charge in [0.15, 0.2) is 5.82 Å². The van der Waals surface area contributed by atoms with Gasteiger partial charge in [-0.05, 0) is 24.6 Å². The summed E-state index contributed by atoms with van der Waals surface area (Å²) in [6, 6.07) is 4.02. The fraction of sp³-hybridized carbons (Fsp3) is 0.692. The van der Waals surface area contributed by atoms with Gasteiger partial charge in [-0.3, -0.25) is 4.21 Å². The number of aromatic nitrogens is 2. The van der Waals surface area contributed by atoms with E-state index in [1.54, 1.807) is 0 Å². The Kier molecular flexibility index (Phi) is 5.27. The molecule has 0 bridgehead atoms. The third-order valence-corrected chi connectivity index (χ3v) is 4.34. The maximum absolute atomic E-state index is 11.3. The summed E-state index contributed by atoms with van der Waals surface area (Å²) in [4.78, 5) is 2.15. The first-order chi connectivity index (χ1) is 9.15. The fourth-order valence-electron chi connectivity index (χ4n) is 1.97. The molecule has 0 amide bonds. The molecule has 2 heterocycles. The summed E-state index contributed by atoms with van der Waals surface area (Å²) < 4.78 is 11.3. The van der Waals surface area contributed by atoms with Gasteiger partial charge in [-0.2, -0.15) is 5.10 Å². The Morgan fingerprint density at radius 1 is 1.32 bits per heavy atom. The molecule has 0 aliphatic carbocycles. The van der Waals surface area contributed by atoms with Gasteiger partial charge >= 0.3 is 0 Å². The molecule has 0 radical (unpaired) electrons. The largest absolute Gasteiger partial charge is 0.353 e. The van der Waals surface area contributed by atoms with Crippen LogP contribution in [-0.4, -0.2) is 45.5 Å². The van der Waals surface area contributed by atoms with Crippen LogP contribution in [0.4, 0.5) is 5.82 Å². The Morgan fingerprint density at radius 2 is 2.05 bits per heavy atom. The molecular formula is C13H22N4OS. The minimum Gasteiger partial charge on any atom is -0.353 e. The maximum atomic E-state index is 11.3. The molecule has 1 saturated heterocycles. The average Bonchev–Trinajstić information content (AvgIpc) is 2.40. The first-order valence-electron chi connectivity index (χ1n) is 6.78. The number of anilines is 1. The van der Waals surface area contributed by atoms with E-state index in [1.165, 1.54) is 0 Å². The van der Waals surface area contributed by atoms with Crippen molar-refractivity contribution in [2.75, 3.05) is 36.0 Å². The second-order valence-electron chi connectivity index (χ2n) is 5.24. The molecule has 19 heavy (non-hydrogen) atoms. The molecule has 6 heteroatoms. The summed E-state index contributed by atoms with van der Waals surface area (Å²) >= 11 is 0. The van der Waals surface area contributed by atoms with E-state index in [2.05, 4.69) is 34.3 Å². The van der Waals surface area contributed by atoms with E-state index < -0.39 is 10.8 Å². The zero-order valence-corrected chi connectivity index (χ0v) is 12.4. The number of rotatable bonds is 5. The molecule has 0 aromatic carbocycles. The molecule has 1 fully saturated rings. The second kappa shape index (κ2) is 6.96. The van der Waals surface area contributed by atoms with Crippen LogP contribution >= 0.6 is 0 Å². The summed E-state index contributed by atoms with van der Waals surface area (Å²) in [5.74, 6) is 3.00. The highest BCUT2D eigenvalue weighted by Crippen LogP contribution is 2.12. The minimum absolute atomic E-state index is 0.640. The van der Waals surface area contributed by atoms with E-state index in [0.29, 0.717) is 5.92 Å². The van der Waals surface area contributed by atoms with Crippen LogP contribution in [0.3, 0.4) is 0 Å². The van der Waals surface area contributed by atoms with Crippen LogP contribution in [0.2, 0.25) is 0 Å². The Morgan fingerprint density at radius 3 is 2.63 bits per heavy atom. The van der Waals surface area contributed by atoms with Crippen molar-refractivity contribution >= 4 is 16.6 Å². The normalized spacial score (nSPS) is 17.1. The molecule has 1 aromatic heterocycles. The van der Waals surface area contributed by atoms with E-state index in [-0.39, 0.29) is 0 Å². The van der Waals surface area contributed by atoms with Gasteiger partial charge in [-0.15, -0.1) is 5.10 Å². The second-order valence-corrected chi connectivity index (χ2v) is 6.94.